The summed E-state index contributed by atoms with van der Waals surface area (Å²) in [6.07, 6.45) is 6.90. The summed E-state index contributed by atoms with van der Waals surface area (Å²) in [5.74, 6) is -0.848. The van der Waals surface area contributed by atoms with Crippen LogP contribution in [0.3, 0.4) is 0 Å². The number of carbonyl (C=O) groups is 3. The third-order valence-corrected chi connectivity index (χ3v) is 9.84. The van der Waals surface area contributed by atoms with E-state index in [9.17, 15) is 14.4 Å². The van der Waals surface area contributed by atoms with Gasteiger partial charge in [-0.3, -0.25) is 9.59 Å². The number of thiophene rings is 1. The molecular weight excluding hydrogens is 600 g/mol. The van der Waals surface area contributed by atoms with Crippen molar-refractivity contribution in [3.8, 4) is 27.3 Å². The Hall–Kier alpha value is -4.54. The van der Waals surface area contributed by atoms with E-state index in [1.54, 1.807) is 41.7 Å². The maximum atomic E-state index is 14.0. The topological polar surface area (TPSA) is 133 Å². The number of nitrogens with two attached hydrogens (primary N) is 1. The van der Waals surface area contributed by atoms with Gasteiger partial charge in [0.05, 0.1) is 13.7 Å². The molecule has 3 heterocycles. The average Bonchev–Trinajstić information content (AvgIpc) is 3.33. The fraction of sp³-hybridized carbons (Fsp3) is 0.333. The van der Waals surface area contributed by atoms with E-state index in [-0.39, 0.29) is 28.7 Å². The molecular formula is C36H38N4O5S. The Morgan fingerprint density at radius 1 is 0.957 bits per heavy atom. The molecule has 6 rings (SSSR count). The number of carbonyl (C=O) groups excluding carboxylic acids is 3. The molecule has 2 aromatic carbocycles. The van der Waals surface area contributed by atoms with Crippen LogP contribution in [-0.4, -0.2) is 42.0 Å². The van der Waals surface area contributed by atoms with E-state index in [0.29, 0.717) is 41.3 Å². The first-order chi connectivity index (χ1) is 22.3. The first-order valence-corrected chi connectivity index (χ1v) is 16.6. The van der Waals surface area contributed by atoms with Gasteiger partial charge in [-0.1, -0.05) is 37.8 Å². The van der Waals surface area contributed by atoms with Gasteiger partial charge in [-0.05, 0) is 78.7 Å². The van der Waals surface area contributed by atoms with E-state index in [1.165, 1.54) is 7.11 Å². The number of hydrogen-bond acceptors (Lipinski definition) is 8. The molecule has 238 valence electrons. The minimum Gasteiger partial charge on any atom is -0.493 e. The molecule has 4 N–H and O–H groups in total. The minimum atomic E-state index is -0.717. The first kappa shape index (κ1) is 31.4. The van der Waals surface area contributed by atoms with E-state index in [2.05, 4.69) is 28.6 Å². The van der Waals surface area contributed by atoms with Gasteiger partial charge in [0.25, 0.3) is 11.8 Å². The van der Waals surface area contributed by atoms with Crippen molar-refractivity contribution >= 4 is 34.8 Å². The smallest absolute Gasteiger partial charge is 0.357 e. The number of amides is 2. The van der Waals surface area contributed by atoms with Crippen LogP contribution in [0.25, 0.3) is 21.6 Å². The summed E-state index contributed by atoms with van der Waals surface area (Å²) in [7, 11) is 1.27. The zero-order chi connectivity index (χ0) is 32.3. The standard InChI is InChI=1S/C36H38N4O5S/c1-36(15-5-3-4-6-16-36)40-34(42)29-12-11-25(31(39-29)35(43)44-2)26-20-30-28(32-23(13-17-45-30)14-18-46-32)19-27(26)33(41)38-24-9-7-22(21-37)8-10-24/h7-12,14,18-20H,3-6,13,15-17,21,37H2,1-2H3,(H,38,41)(H,40,42). The van der Waals surface area contributed by atoms with E-state index in [1.807, 2.05) is 23.6 Å². The summed E-state index contributed by atoms with van der Waals surface area (Å²) in [6, 6.07) is 16.2. The van der Waals surface area contributed by atoms with Gasteiger partial charge < -0.3 is 25.8 Å². The number of rotatable bonds is 7. The van der Waals surface area contributed by atoms with Crippen molar-refractivity contribution in [2.24, 2.45) is 5.73 Å². The quantitative estimate of drug-likeness (QED) is 0.151. The second kappa shape index (κ2) is 13.4. The number of benzene rings is 2. The molecule has 2 aromatic heterocycles. The molecule has 2 amide bonds. The predicted octanol–water partition coefficient (Wildman–Crippen LogP) is 6.75. The fourth-order valence-electron chi connectivity index (χ4n) is 6.28. The van der Waals surface area contributed by atoms with Gasteiger partial charge in [0.15, 0.2) is 5.69 Å². The van der Waals surface area contributed by atoms with E-state index in [0.717, 1.165) is 66.5 Å². The molecule has 1 aliphatic heterocycles. The Bertz CT molecular complexity index is 1770. The van der Waals surface area contributed by atoms with Crippen LogP contribution in [0.2, 0.25) is 0 Å². The monoisotopic (exact) mass is 638 g/mol. The molecule has 0 atom stereocenters. The lowest BCUT2D eigenvalue weighted by molar-refractivity contribution is 0.0594. The highest BCUT2D eigenvalue weighted by Gasteiger charge is 2.30. The third kappa shape index (κ3) is 6.54. The zero-order valence-corrected chi connectivity index (χ0v) is 26.9. The van der Waals surface area contributed by atoms with Crippen LogP contribution in [-0.2, 0) is 17.7 Å². The highest BCUT2D eigenvalue weighted by Crippen LogP contribution is 2.43. The predicted molar refractivity (Wildman–Crippen MR) is 179 cm³/mol. The lowest BCUT2D eigenvalue weighted by Gasteiger charge is -2.29. The Morgan fingerprint density at radius 3 is 2.43 bits per heavy atom. The van der Waals surface area contributed by atoms with Gasteiger partial charge in [-0.2, -0.15) is 0 Å². The molecule has 0 bridgehead atoms. The highest BCUT2D eigenvalue weighted by molar-refractivity contribution is 7.13. The minimum absolute atomic E-state index is 0.0621. The van der Waals surface area contributed by atoms with Crippen LogP contribution >= 0.6 is 11.3 Å². The molecule has 4 aromatic rings. The van der Waals surface area contributed by atoms with Crippen LogP contribution in [0.5, 0.6) is 5.75 Å². The summed E-state index contributed by atoms with van der Waals surface area (Å²) >= 11 is 1.59. The lowest BCUT2D eigenvalue weighted by atomic mass is 9.92. The second-order valence-electron chi connectivity index (χ2n) is 12.1. The zero-order valence-electron chi connectivity index (χ0n) is 26.1. The maximum absolute atomic E-state index is 14.0. The summed E-state index contributed by atoms with van der Waals surface area (Å²) in [5.41, 5.74) is 10.1. The van der Waals surface area contributed by atoms with Crippen molar-refractivity contribution < 1.29 is 23.9 Å². The van der Waals surface area contributed by atoms with Crippen molar-refractivity contribution in [1.29, 1.82) is 0 Å². The van der Waals surface area contributed by atoms with Crippen molar-refractivity contribution in [2.45, 2.75) is 64.0 Å². The fourth-order valence-corrected chi connectivity index (χ4v) is 7.25. The average molecular weight is 639 g/mol. The number of anilines is 1. The third-order valence-electron chi connectivity index (χ3n) is 8.85. The van der Waals surface area contributed by atoms with Crippen LogP contribution in [0.4, 0.5) is 5.69 Å². The molecule has 9 nitrogen and oxygen atoms in total. The number of methoxy groups -OCH3 is 1. The molecule has 1 saturated carbocycles. The van der Waals surface area contributed by atoms with Crippen LogP contribution < -0.4 is 21.1 Å². The number of hydrogen-bond donors (Lipinski definition) is 3. The number of nitrogens with one attached hydrogen (secondary N) is 2. The van der Waals surface area contributed by atoms with Gasteiger partial charge in [-0.25, -0.2) is 9.78 Å². The van der Waals surface area contributed by atoms with Crippen molar-refractivity contribution in [3.05, 3.63) is 88.1 Å². The number of ether oxygens (including phenoxy) is 2. The molecule has 0 radical (unpaired) electrons. The van der Waals surface area contributed by atoms with Gasteiger partial charge >= 0.3 is 5.97 Å². The molecule has 0 spiro atoms. The van der Waals surface area contributed by atoms with Crippen molar-refractivity contribution in [1.82, 2.24) is 10.3 Å². The normalized spacial score (nSPS) is 15.3. The van der Waals surface area contributed by atoms with E-state index >= 15 is 0 Å². The Labute approximate surface area is 272 Å². The molecule has 0 saturated heterocycles. The van der Waals surface area contributed by atoms with Crippen molar-refractivity contribution in [2.75, 3.05) is 19.0 Å². The Kier molecular flexibility index (Phi) is 9.19. The lowest BCUT2D eigenvalue weighted by Crippen LogP contribution is -2.45. The summed E-state index contributed by atoms with van der Waals surface area (Å²) < 4.78 is 11.3. The molecule has 0 unspecified atom stereocenters. The number of esters is 1. The van der Waals surface area contributed by atoms with Crippen LogP contribution in [0.1, 0.15) is 87.9 Å². The highest BCUT2D eigenvalue weighted by atomic mass is 32.1. The molecule has 2 aliphatic rings. The Balaban J connectivity index is 1.44. The SMILES string of the molecule is COC(=O)c1nc(C(=O)NC2(C)CCCCCC2)ccc1-c1cc2c(cc1C(=O)Nc1ccc(CN)cc1)-c1sccc1CCO2. The molecule has 10 heteroatoms. The number of fused-ring (bicyclic) bond motifs is 3. The number of pyridine rings is 1. The summed E-state index contributed by atoms with van der Waals surface area (Å²) in [6.45, 7) is 2.92. The van der Waals surface area contributed by atoms with Gasteiger partial charge in [-0.15, -0.1) is 11.3 Å². The Morgan fingerprint density at radius 2 is 1.72 bits per heavy atom. The molecule has 1 fully saturated rings. The van der Waals surface area contributed by atoms with Crippen molar-refractivity contribution in [3.63, 3.8) is 0 Å². The van der Waals surface area contributed by atoms with Gasteiger partial charge in [0.2, 0.25) is 0 Å². The first-order valence-electron chi connectivity index (χ1n) is 15.7. The van der Waals surface area contributed by atoms with Gasteiger partial charge in [0.1, 0.15) is 11.4 Å². The summed E-state index contributed by atoms with van der Waals surface area (Å²) in [4.78, 5) is 46.3. The number of aromatic nitrogens is 1. The van der Waals surface area contributed by atoms with E-state index in [4.69, 9.17) is 15.2 Å². The maximum Gasteiger partial charge on any atom is 0.357 e. The van der Waals surface area contributed by atoms with E-state index < -0.39 is 5.97 Å². The summed E-state index contributed by atoms with van der Waals surface area (Å²) in [5, 5.41) is 8.19. The van der Waals surface area contributed by atoms with Gasteiger partial charge in [0, 0.05) is 51.3 Å². The van der Waals surface area contributed by atoms with Crippen LogP contribution in [0, 0.1) is 0 Å². The largest absolute Gasteiger partial charge is 0.493 e. The molecule has 1 aliphatic carbocycles. The number of nitrogens with zero attached hydrogens (tertiary/aromatic N) is 1. The van der Waals surface area contributed by atoms with Crippen LogP contribution in [0.15, 0.2) is 60.0 Å². The second-order valence-corrected chi connectivity index (χ2v) is 13.1. The molecule has 46 heavy (non-hydrogen) atoms.